The van der Waals surface area contributed by atoms with Crippen molar-refractivity contribution in [2.24, 2.45) is 5.92 Å². The van der Waals surface area contributed by atoms with Crippen LogP contribution < -0.4 is 10.8 Å². The number of nitrogens with zero attached hydrogens (tertiary/aromatic N) is 1. The minimum absolute atomic E-state index is 0. The molecule has 34 heavy (non-hydrogen) atoms. The summed E-state index contributed by atoms with van der Waals surface area (Å²) in [7, 11) is -3.26. The van der Waals surface area contributed by atoms with Gasteiger partial charge in [-0.25, -0.2) is 8.42 Å². The fourth-order valence-corrected chi connectivity index (χ4v) is 5.72. The molecule has 8 nitrogen and oxygen atoms in total. The quantitative estimate of drug-likeness (QED) is 0.562. The molecule has 0 radical (unpaired) electrons. The molecular weight excluding hydrogens is 454 g/mol. The Morgan fingerprint density at radius 1 is 1.12 bits per heavy atom. The third-order valence-corrected chi connectivity index (χ3v) is 8.03. The molecular formula is C25H33N3O5S. The van der Waals surface area contributed by atoms with Crippen LogP contribution in [0.3, 0.4) is 0 Å². The van der Waals surface area contributed by atoms with E-state index in [0.717, 1.165) is 24.8 Å². The van der Waals surface area contributed by atoms with Crippen molar-refractivity contribution in [2.75, 3.05) is 17.6 Å². The van der Waals surface area contributed by atoms with Gasteiger partial charge in [-0.3, -0.25) is 14.4 Å². The van der Waals surface area contributed by atoms with Gasteiger partial charge in [0.15, 0.2) is 16.1 Å². The number of hydrogen-bond donors (Lipinski definition) is 2. The van der Waals surface area contributed by atoms with E-state index in [1.807, 2.05) is 13.8 Å². The summed E-state index contributed by atoms with van der Waals surface area (Å²) in [4.78, 5) is 32.8. The predicted molar refractivity (Wildman–Crippen MR) is 131 cm³/mol. The second-order valence-electron chi connectivity index (χ2n) is 9.09. The summed E-state index contributed by atoms with van der Waals surface area (Å²) >= 11 is 0. The summed E-state index contributed by atoms with van der Waals surface area (Å²) in [5, 5.41) is 2.82. The summed E-state index contributed by atoms with van der Waals surface area (Å²) in [6.07, 6.45) is 2.50. The molecule has 2 aromatic carbocycles. The van der Waals surface area contributed by atoms with Gasteiger partial charge in [-0.15, -0.1) is 0 Å². The van der Waals surface area contributed by atoms with E-state index in [4.69, 9.17) is 4.84 Å². The Labute approximate surface area is 202 Å². The van der Waals surface area contributed by atoms with Crippen LogP contribution in [-0.4, -0.2) is 49.7 Å². The number of rotatable bonds is 9. The highest BCUT2D eigenvalue weighted by molar-refractivity contribution is 7.91. The largest absolute Gasteiger partial charge is 0.326 e. The third-order valence-electron chi connectivity index (χ3n) is 6.12. The molecule has 2 N–H and O–H groups in total. The number of hydroxylamine groups is 1. The molecule has 1 aliphatic carbocycles. The van der Waals surface area contributed by atoms with Crippen molar-refractivity contribution in [1.29, 1.82) is 0 Å². The van der Waals surface area contributed by atoms with Crippen molar-refractivity contribution in [2.45, 2.75) is 56.7 Å². The summed E-state index contributed by atoms with van der Waals surface area (Å²) in [5.41, 5.74) is 4.72. The van der Waals surface area contributed by atoms with Crippen LogP contribution in [0.2, 0.25) is 0 Å². The molecule has 2 amide bonds. The second kappa shape index (κ2) is 10.2. The van der Waals surface area contributed by atoms with E-state index >= 15 is 0 Å². The lowest BCUT2D eigenvalue weighted by molar-refractivity contribution is -0.115. The first-order valence-corrected chi connectivity index (χ1v) is 13.3. The fraction of sp³-hybridized carbons (Fsp3) is 0.440. The number of hydrogen-bond acceptors (Lipinski definition) is 6. The van der Waals surface area contributed by atoms with Gasteiger partial charge < -0.3 is 10.2 Å². The molecule has 4 rings (SSSR count). The Morgan fingerprint density at radius 2 is 1.79 bits per heavy atom. The Hall–Kier alpha value is -2.75. The maximum atomic E-state index is 12.9. The van der Waals surface area contributed by atoms with Crippen molar-refractivity contribution >= 4 is 27.3 Å². The summed E-state index contributed by atoms with van der Waals surface area (Å²) in [6, 6.07) is 13.5. The zero-order valence-electron chi connectivity index (χ0n) is 19.5. The lowest BCUT2D eigenvalue weighted by Gasteiger charge is -2.26. The van der Waals surface area contributed by atoms with Gasteiger partial charge in [0, 0.05) is 31.7 Å². The van der Waals surface area contributed by atoms with Crippen molar-refractivity contribution in [3.8, 4) is 0 Å². The number of amides is 2. The van der Waals surface area contributed by atoms with Gasteiger partial charge in [0.1, 0.15) is 0 Å². The second-order valence-corrected chi connectivity index (χ2v) is 11.1. The number of nitrogens with one attached hydrogen (secondary N) is 2. The van der Waals surface area contributed by atoms with Crippen molar-refractivity contribution in [3.05, 3.63) is 59.7 Å². The van der Waals surface area contributed by atoms with E-state index in [0.29, 0.717) is 28.6 Å². The number of carbonyl (C=O) groups is 2. The SMILES string of the molecule is CCN(C(=O)c1ccc(NC(=O)Cc2ccc(S(=O)(=O)CC3CC3)cc2)cc1)C1CC(C)NO1.[HH]. The van der Waals surface area contributed by atoms with Crippen LogP contribution in [0.25, 0.3) is 0 Å². The topological polar surface area (TPSA) is 105 Å². The molecule has 2 unspecified atom stereocenters. The van der Waals surface area contributed by atoms with Crippen LogP contribution in [0.15, 0.2) is 53.4 Å². The van der Waals surface area contributed by atoms with Crippen molar-refractivity contribution in [3.63, 3.8) is 0 Å². The van der Waals surface area contributed by atoms with E-state index in [-0.39, 0.29) is 37.7 Å². The molecule has 0 spiro atoms. The van der Waals surface area contributed by atoms with Crippen LogP contribution >= 0.6 is 0 Å². The van der Waals surface area contributed by atoms with Gasteiger partial charge in [-0.2, -0.15) is 5.48 Å². The molecule has 2 aliphatic rings. The molecule has 1 saturated carbocycles. The Morgan fingerprint density at radius 3 is 2.35 bits per heavy atom. The number of anilines is 1. The van der Waals surface area contributed by atoms with E-state index < -0.39 is 9.84 Å². The Kier molecular flexibility index (Phi) is 7.35. The summed E-state index contributed by atoms with van der Waals surface area (Å²) in [5.74, 6) is 0.143. The zero-order valence-corrected chi connectivity index (χ0v) is 20.3. The van der Waals surface area contributed by atoms with Gasteiger partial charge in [0.05, 0.1) is 17.1 Å². The first-order valence-electron chi connectivity index (χ1n) is 11.7. The van der Waals surface area contributed by atoms with Crippen LogP contribution in [0.4, 0.5) is 5.69 Å². The monoisotopic (exact) mass is 487 g/mol. The minimum Gasteiger partial charge on any atom is -0.326 e. The molecule has 1 aliphatic heterocycles. The highest BCUT2D eigenvalue weighted by atomic mass is 32.2. The van der Waals surface area contributed by atoms with Gasteiger partial charge in [-0.05, 0) is 74.6 Å². The zero-order chi connectivity index (χ0) is 24.3. The molecule has 2 fully saturated rings. The lowest BCUT2D eigenvalue weighted by Crippen LogP contribution is -2.40. The van der Waals surface area contributed by atoms with Crippen molar-refractivity contribution in [1.82, 2.24) is 10.4 Å². The maximum absolute atomic E-state index is 12.9. The van der Waals surface area contributed by atoms with E-state index in [2.05, 4.69) is 10.8 Å². The van der Waals surface area contributed by atoms with E-state index in [1.165, 1.54) is 0 Å². The highest BCUT2D eigenvalue weighted by Gasteiger charge is 2.31. The molecule has 9 heteroatoms. The Balaban J connectivity index is 0.00000342. The number of carbonyl (C=O) groups excluding carboxylic acids is 2. The molecule has 2 aromatic rings. The van der Waals surface area contributed by atoms with Gasteiger partial charge in [0.25, 0.3) is 5.91 Å². The predicted octanol–water partition coefficient (Wildman–Crippen LogP) is 3.40. The van der Waals surface area contributed by atoms with Gasteiger partial charge >= 0.3 is 0 Å². The first kappa shape index (κ1) is 24.4. The molecule has 2 atom stereocenters. The highest BCUT2D eigenvalue weighted by Crippen LogP contribution is 2.32. The molecule has 184 valence electrons. The van der Waals surface area contributed by atoms with Crippen molar-refractivity contribution < 1.29 is 24.3 Å². The average Bonchev–Trinajstić information content (AvgIpc) is 3.51. The minimum atomic E-state index is -3.26. The fourth-order valence-electron chi connectivity index (χ4n) is 4.02. The third kappa shape index (κ3) is 6.02. The molecule has 1 heterocycles. The summed E-state index contributed by atoms with van der Waals surface area (Å²) in [6.45, 7) is 4.44. The van der Waals surface area contributed by atoms with E-state index in [9.17, 15) is 18.0 Å². The van der Waals surface area contributed by atoms with Crippen LogP contribution in [0.5, 0.6) is 0 Å². The smallest absolute Gasteiger partial charge is 0.255 e. The van der Waals surface area contributed by atoms with Crippen LogP contribution in [0, 0.1) is 5.92 Å². The van der Waals surface area contributed by atoms with Crippen LogP contribution in [-0.2, 0) is 25.9 Å². The maximum Gasteiger partial charge on any atom is 0.255 e. The Bertz CT molecular complexity index is 1130. The molecule has 0 aromatic heterocycles. The first-order chi connectivity index (χ1) is 16.2. The lowest BCUT2D eigenvalue weighted by atomic mass is 10.1. The normalized spacial score (nSPS) is 20.2. The van der Waals surface area contributed by atoms with Gasteiger partial charge in [-0.1, -0.05) is 12.1 Å². The summed E-state index contributed by atoms with van der Waals surface area (Å²) < 4.78 is 24.7. The van der Waals surface area contributed by atoms with Gasteiger partial charge in [0.2, 0.25) is 5.91 Å². The van der Waals surface area contributed by atoms with E-state index in [1.54, 1.807) is 53.4 Å². The average molecular weight is 488 g/mol. The molecule has 1 saturated heterocycles. The van der Waals surface area contributed by atoms with Crippen LogP contribution in [0.1, 0.15) is 50.5 Å². The number of sulfone groups is 1. The molecule has 0 bridgehead atoms. The standard InChI is InChI=1S/C25H31N3O5S.H2/c1-3-28(24-14-17(2)27-33-24)25(30)20-8-10-21(11-9-20)26-23(29)15-18-6-12-22(13-7-18)34(31,32)16-19-4-5-19;/h6-13,17,19,24,27H,3-5,14-16H2,1-2H3,(H,26,29);1H. The number of benzene rings is 2.